The molecule has 1 aromatic carbocycles. The van der Waals surface area contributed by atoms with Crippen LogP contribution in [0.1, 0.15) is 36.8 Å². The molecule has 1 N–H and O–H groups in total. The predicted octanol–water partition coefficient (Wildman–Crippen LogP) is 3.27. The first-order valence-electron chi connectivity index (χ1n) is 6.30. The molecular weight excluding hydrogens is 194 g/mol. The van der Waals surface area contributed by atoms with E-state index >= 15 is 0 Å². The summed E-state index contributed by atoms with van der Waals surface area (Å²) in [5.74, 6) is 0.625. The van der Waals surface area contributed by atoms with Gasteiger partial charge in [-0.3, -0.25) is 0 Å². The molecule has 0 amide bonds. The summed E-state index contributed by atoms with van der Waals surface area (Å²) < 4.78 is 0. The van der Waals surface area contributed by atoms with Crippen LogP contribution in [0.15, 0.2) is 36.9 Å². The highest BCUT2D eigenvalue weighted by Crippen LogP contribution is 2.35. The van der Waals surface area contributed by atoms with Gasteiger partial charge in [0.2, 0.25) is 0 Å². The van der Waals surface area contributed by atoms with Crippen LogP contribution in [0.5, 0.6) is 0 Å². The van der Waals surface area contributed by atoms with Gasteiger partial charge in [0.1, 0.15) is 0 Å². The molecular formula is C15H21N. The first kappa shape index (κ1) is 11.4. The molecule has 16 heavy (non-hydrogen) atoms. The first-order valence-corrected chi connectivity index (χ1v) is 6.30. The highest BCUT2D eigenvalue weighted by molar-refractivity contribution is 5.36. The Morgan fingerprint density at radius 2 is 2.31 bits per heavy atom. The van der Waals surface area contributed by atoms with E-state index in [4.69, 9.17) is 0 Å². The maximum absolute atomic E-state index is 3.97. The molecule has 0 aliphatic heterocycles. The van der Waals surface area contributed by atoms with Gasteiger partial charge < -0.3 is 5.32 Å². The van der Waals surface area contributed by atoms with Crippen molar-refractivity contribution in [3.63, 3.8) is 0 Å². The van der Waals surface area contributed by atoms with Crippen LogP contribution in [0.2, 0.25) is 0 Å². The van der Waals surface area contributed by atoms with Crippen LogP contribution in [-0.2, 0) is 6.42 Å². The summed E-state index contributed by atoms with van der Waals surface area (Å²) in [5.41, 5.74) is 3.05. The third-order valence-electron chi connectivity index (χ3n) is 3.50. The van der Waals surface area contributed by atoms with Gasteiger partial charge in [-0.05, 0) is 36.9 Å². The van der Waals surface area contributed by atoms with Crippen LogP contribution in [0.3, 0.4) is 0 Å². The van der Waals surface area contributed by atoms with Crippen molar-refractivity contribution in [1.82, 2.24) is 5.32 Å². The van der Waals surface area contributed by atoms with E-state index in [1.807, 2.05) is 0 Å². The Kier molecular flexibility index (Phi) is 3.79. The second-order valence-corrected chi connectivity index (χ2v) is 4.56. The number of hydrogen-bond acceptors (Lipinski definition) is 1. The fourth-order valence-electron chi connectivity index (χ4n) is 2.66. The second kappa shape index (κ2) is 5.31. The summed E-state index contributed by atoms with van der Waals surface area (Å²) in [6.45, 7) is 7.25. The van der Waals surface area contributed by atoms with Gasteiger partial charge in [-0.15, -0.1) is 6.58 Å². The summed E-state index contributed by atoms with van der Waals surface area (Å²) in [7, 11) is 0. The third-order valence-corrected chi connectivity index (χ3v) is 3.50. The van der Waals surface area contributed by atoms with Crippen molar-refractivity contribution in [2.24, 2.45) is 0 Å². The van der Waals surface area contributed by atoms with Crippen LogP contribution in [0.25, 0.3) is 0 Å². The smallest absolute Gasteiger partial charge is 0.0316 e. The Bertz CT molecular complexity index is 356. The van der Waals surface area contributed by atoms with Gasteiger partial charge in [-0.1, -0.05) is 37.3 Å². The van der Waals surface area contributed by atoms with E-state index in [1.54, 1.807) is 0 Å². The topological polar surface area (TPSA) is 12.0 Å². The van der Waals surface area contributed by atoms with Crippen molar-refractivity contribution in [2.75, 3.05) is 6.54 Å². The molecule has 2 unspecified atom stereocenters. The van der Waals surface area contributed by atoms with E-state index in [0.717, 1.165) is 6.54 Å². The number of rotatable bonds is 5. The van der Waals surface area contributed by atoms with E-state index in [9.17, 15) is 0 Å². The highest BCUT2D eigenvalue weighted by atomic mass is 14.9. The van der Waals surface area contributed by atoms with Crippen molar-refractivity contribution in [3.05, 3.63) is 48.0 Å². The monoisotopic (exact) mass is 215 g/mol. The number of hydrogen-bond donors (Lipinski definition) is 1. The molecule has 1 aliphatic rings. The van der Waals surface area contributed by atoms with Crippen LogP contribution >= 0.6 is 0 Å². The Balaban J connectivity index is 2.13. The van der Waals surface area contributed by atoms with Crippen molar-refractivity contribution >= 4 is 0 Å². The number of fused-ring (bicyclic) bond motifs is 1. The molecule has 0 saturated heterocycles. The Morgan fingerprint density at radius 1 is 1.50 bits per heavy atom. The van der Waals surface area contributed by atoms with Gasteiger partial charge in [0.25, 0.3) is 0 Å². The fraction of sp³-hybridized carbons (Fsp3) is 0.467. The van der Waals surface area contributed by atoms with Gasteiger partial charge in [0.05, 0.1) is 0 Å². The standard InChI is InChI=1S/C15H21N/c1-3-11-16-15(4-2)14-10-9-12-7-5-6-8-13(12)14/h4-8,14-16H,2-3,9-11H2,1H3. The molecule has 0 saturated carbocycles. The maximum Gasteiger partial charge on any atom is 0.0316 e. The van der Waals surface area contributed by atoms with E-state index in [2.05, 4.69) is 49.2 Å². The molecule has 1 aliphatic carbocycles. The van der Waals surface area contributed by atoms with Crippen LogP contribution in [0, 0.1) is 0 Å². The lowest BCUT2D eigenvalue weighted by molar-refractivity contribution is 0.494. The molecule has 0 spiro atoms. The number of nitrogens with one attached hydrogen (secondary N) is 1. The summed E-state index contributed by atoms with van der Waals surface area (Å²) in [4.78, 5) is 0. The lowest BCUT2D eigenvalue weighted by Gasteiger charge is -2.22. The molecule has 2 atom stereocenters. The quantitative estimate of drug-likeness (QED) is 0.743. The first-order chi connectivity index (χ1) is 7.86. The SMILES string of the molecule is C=CC(NCCC)C1CCc2ccccc21. The largest absolute Gasteiger partial charge is 0.310 e. The molecule has 0 heterocycles. The van der Waals surface area contributed by atoms with Crippen molar-refractivity contribution in [2.45, 2.75) is 38.1 Å². The highest BCUT2D eigenvalue weighted by Gasteiger charge is 2.27. The minimum Gasteiger partial charge on any atom is -0.310 e. The van der Waals surface area contributed by atoms with Gasteiger partial charge in [-0.2, -0.15) is 0 Å². The predicted molar refractivity (Wildman–Crippen MR) is 69.8 cm³/mol. The average molecular weight is 215 g/mol. The normalized spacial score (nSPS) is 20.4. The van der Waals surface area contributed by atoms with Gasteiger partial charge in [0, 0.05) is 12.0 Å². The number of benzene rings is 1. The Hall–Kier alpha value is -1.08. The summed E-state index contributed by atoms with van der Waals surface area (Å²) in [6.07, 6.45) is 5.73. The molecule has 1 aromatic rings. The van der Waals surface area contributed by atoms with Crippen molar-refractivity contribution in [3.8, 4) is 0 Å². The molecule has 1 nitrogen and oxygen atoms in total. The zero-order valence-corrected chi connectivity index (χ0v) is 10.1. The van der Waals surface area contributed by atoms with Crippen LogP contribution < -0.4 is 5.32 Å². The molecule has 0 fully saturated rings. The zero-order chi connectivity index (χ0) is 11.4. The summed E-state index contributed by atoms with van der Waals surface area (Å²) in [5, 5.41) is 3.58. The van der Waals surface area contributed by atoms with Gasteiger partial charge in [0.15, 0.2) is 0 Å². The van der Waals surface area contributed by atoms with Gasteiger partial charge >= 0.3 is 0 Å². The second-order valence-electron chi connectivity index (χ2n) is 4.56. The minimum absolute atomic E-state index is 0.434. The average Bonchev–Trinajstić information content (AvgIpc) is 2.75. The lowest BCUT2D eigenvalue weighted by atomic mass is 9.93. The lowest BCUT2D eigenvalue weighted by Crippen LogP contribution is -2.32. The summed E-state index contributed by atoms with van der Waals surface area (Å²) in [6, 6.07) is 9.26. The van der Waals surface area contributed by atoms with E-state index in [1.165, 1.54) is 30.4 Å². The van der Waals surface area contributed by atoms with Gasteiger partial charge in [-0.25, -0.2) is 0 Å². The molecule has 0 aromatic heterocycles. The molecule has 2 rings (SSSR count). The number of aryl methyl sites for hydroxylation is 1. The third kappa shape index (κ3) is 2.19. The van der Waals surface area contributed by atoms with Crippen LogP contribution in [-0.4, -0.2) is 12.6 Å². The molecule has 1 heteroatoms. The molecule has 86 valence electrons. The summed E-state index contributed by atoms with van der Waals surface area (Å²) >= 11 is 0. The van der Waals surface area contributed by atoms with Crippen molar-refractivity contribution < 1.29 is 0 Å². The zero-order valence-electron chi connectivity index (χ0n) is 10.1. The van der Waals surface area contributed by atoms with E-state index < -0.39 is 0 Å². The van der Waals surface area contributed by atoms with Crippen molar-refractivity contribution in [1.29, 1.82) is 0 Å². The Morgan fingerprint density at radius 3 is 3.06 bits per heavy atom. The maximum atomic E-state index is 3.97. The minimum atomic E-state index is 0.434. The molecule has 0 bridgehead atoms. The van der Waals surface area contributed by atoms with E-state index in [-0.39, 0.29) is 0 Å². The fourth-order valence-corrected chi connectivity index (χ4v) is 2.66. The Labute approximate surface area is 98.6 Å². The molecule has 0 radical (unpaired) electrons. The van der Waals surface area contributed by atoms with Crippen LogP contribution in [0.4, 0.5) is 0 Å². The van der Waals surface area contributed by atoms with E-state index in [0.29, 0.717) is 12.0 Å².